The molecule has 5 rings (SSSR count). The van der Waals surface area contributed by atoms with E-state index in [1.165, 1.54) is 12.1 Å². The van der Waals surface area contributed by atoms with Gasteiger partial charge in [0, 0.05) is 41.6 Å². The number of aromatic amines is 1. The van der Waals surface area contributed by atoms with E-state index in [1.807, 2.05) is 54.6 Å². The molecular formula is C29H24FN3O. The van der Waals surface area contributed by atoms with Crippen LogP contribution in [0.15, 0.2) is 104 Å². The maximum atomic E-state index is 13.7. The summed E-state index contributed by atoms with van der Waals surface area (Å²) in [5.41, 5.74) is 5.63. The minimum absolute atomic E-state index is 0.00761. The molecule has 0 bridgehead atoms. The highest BCUT2D eigenvalue weighted by atomic mass is 19.1. The van der Waals surface area contributed by atoms with Gasteiger partial charge in [-0.1, -0.05) is 54.6 Å². The van der Waals surface area contributed by atoms with Crippen molar-refractivity contribution < 1.29 is 9.18 Å². The van der Waals surface area contributed by atoms with E-state index in [-0.39, 0.29) is 11.6 Å². The molecule has 5 heteroatoms. The standard InChI is InChI=1S/C29H24FN3O/c30-24-9-6-20(7-10-24)12-17-32-28(22-4-2-1-3-5-22)29(34)26-19-33-27-18-23(8-11-25(26)27)21-13-15-31-16-14-21/h1-11,13-16,18-19,28,32-33H,12,17H2/t28-/m0/s1. The second kappa shape index (κ2) is 9.81. The van der Waals surface area contributed by atoms with Crippen LogP contribution in [0.3, 0.4) is 0 Å². The highest BCUT2D eigenvalue weighted by Gasteiger charge is 2.24. The molecule has 3 aromatic carbocycles. The van der Waals surface area contributed by atoms with Gasteiger partial charge in [-0.05, 0) is 59.0 Å². The van der Waals surface area contributed by atoms with Crippen LogP contribution in [0.5, 0.6) is 0 Å². The smallest absolute Gasteiger partial charge is 0.186 e. The number of carbonyl (C=O) groups excluding carboxylic acids is 1. The topological polar surface area (TPSA) is 57.8 Å². The molecule has 34 heavy (non-hydrogen) atoms. The molecule has 0 aliphatic carbocycles. The van der Waals surface area contributed by atoms with Crippen molar-refractivity contribution in [3.05, 3.63) is 126 Å². The summed E-state index contributed by atoms with van der Waals surface area (Å²) in [7, 11) is 0. The van der Waals surface area contributed by atoms with E-state index in [4.69, 9.17) is 0 Å². The van der Waals surface area contributed by atoms with Crippen LogP contribution in [0.1, 0.15) is 27.5 Å². The largest absolute Gasteiger partial charge is 0.360 e. The summed E-state index contributed by atoms with van der Waals surface area (Å²) in [5, 5.41) is 4.32. The van der Waals surface area contributed by atoms with E-state index in [0.29, 0.717) is 18.5 Å². The Hall–Kier alpha value is -4.09. The Morgan fingerprint density at radius 2 is 1.68 bits per heavy atom. The second-order valence-electron chi connectivity index (χ2n) is 8.24. The second-order valence-corrected chi connectivity index (χ2v) is 8.24. The van der Waals surface area contributed by atoms with Crippen molar-refractivity contribution in [1.82, 2.24) is 15.3 Å². The Kier molecular flexibility index (Phi) is 6.27. The molecule has 0 spiro atoms. The summed E-state index contributed by atoms with van der Waals surface area (Å²) in [6, 6.07) is 25.7. The first-order chi connectivity index (χ1) is 16.7. The zero-order valence-corrected chi connectivity index (χ0v) is 18.5. The van der Waals surface area contributed by atoms with E-state index in [9.17, 15) is 9.18 Å². The van der Waals surface area contributed by atoms with Gasteiger partial charge in [0.1, 0.15) is 5.82 Å². The van der Waals surface area contributed by atoms with Crippen molar-refractivity contribution in [2.24, 2.45) is 0 Å². The molecular weight excluding hydrogens is 425 g/mol. The molecule has 0 unspecified atom stereocenters. The van der Waals surface area contributed by atoms with Crippen molar-refractivity contribution in [1.29, 1.82) is 0 Å². The fraction of sp³-hybridized carbons (Fsp3) is 0.103. The number of ketones is 1. The van der Waals surface area contributed by atoms with Crippen LogP contribution in [0.4, 0.5) is 4.39 Å². The number of hydrogen-bond acceptors (Lipinski definition) is 3. The van der Waals surface area contributed by atoms with E-state index in [0.717, 1.165) is 33.2 Å². The fourth-order valence-corrected chi connectivity index (χ4v) is 4.23. The summed E-state index contributed by atoms with van der Waals surface area (Å²) in [5.74, 6) is -0.242. The monoisotopic (exact) mass is 449 g/mol. The zero-order valence-electron chi connectivity index (χ0n) is 18.5. The molecule has 0 fully saturated rings. The van der Waals surface area contributed by atoms with Crippen molar-refractivity contribution in [2.75, 3.05) is 6.54 Å². The lowest BCUT2D eigenvalue weighted by Crippen LogP contribution is -2.30. The number of benzene rings is 3. The predicted octanol–water partition coefficient (Wildman–Crippen LogP) is 6.13. The van der Waals surface area contributed by atoms with E-state index in [1.54, 1.807) is 30.7 Å². The normalized spacial score (nSPS) is 12.0. The molecule has 2 heterocycles. The lowest BCUT2D eigenvalue weighted by Gasteiger charge is -2.18. The quantitative estimate of drug-likeness (QED) is 0.280. The maximum Gasteiger partial charge on any atom is 0.186 e. The minimum Gasteiger partial charge on any atom is -0.360 e. The number of carbonyl (C=O) groups is 1. The molecule has 5 aromatic rings. The lowest BCUT2D eigenvalue weighted by atomic mass is 9.96. The summed E-state index contributed by atoms with van der Waals surface area (Å²) >= 11 is 0. The summed E-state index contributed by atoms with van der Waals surface area (Å²) in [6.45, 7) is 0.589. The number of hydrogen-bond donors (Lipinski definition) is 2. The van der Waals surface area contributed by atoms with Crippen molar-refractivity contribution >= 4 is 16.7 Å². The lowest BCUT2D eigenvalue weighted by molar-refractivity contribution is 0.0945. The molecule has 2 aromatic heterocycles. The number of rotatable bonds is 8. The fourth-order valence-electron chi connectivity index (χ4n) is 4.23. The summed E-state index contributed by atoms with van der Waals surface area (Å²) < 4.78 is 13.2. The van der Waals surface area contributed by atoms with Gasteiger partial charge in [0.05, 0.1) is 6.04 Å². The molecule has 0 radical (unpaired) electrons. The van der Waals surface area contributed by atoms with Crippen molar-refractivity contribution in [2.45, 2.75) is 12.5 Å². The average molecular weight is 450 g/mol. The first-order valence-electron chi connectivity index (χ1n) is 11.3. The molecule has 0 aliphatic rings. The minimum atomic E-state index is -0.486. The summed E-state index contributed by atoms with van der Waals surface area (Å²) in [4.78, 5) is 21.1. The van der Waals surface area contributed by atoms with Crippen LogP contribution in [-0.4, -0.2) is 22.3 Å². The molecule has 0 saturated carbocycles. The van der Waals surface area contributed by atoms with Crippen LogP contribution in [0.25, 0.3) is 22.0 Å². The number of halogens is 1. The van der Waals surface area contributed by atoms with Crippen LogP contribution in [0, 0.1) is 5.82 Å². The number of nitrogens with zero attached hydrogens (tertiary/aromatic N) is 1. The van der Waals surface area contributed by atoms with Gasteiger partial charge < -0.3 is 10.3 Å². The Morgan fingerprint density at radius 1 is 0.912 bits per heavy atom. The van der Waals surface area contributed by atoms with Crippen LogP contribution in [0.2, 0.25) is 0 Å². The number of Topliss-reactive ketones (excluding diaryl/α,β-unsaturated/α-hetero) is 1. The van der Waals surface area contributed by atoms with Crippen LogP contribution >= 0.6 is 0 Å². The maximum absolute atomic E-state index is 13.7. The Bertz CT molecular complexity index is 1400. The molecule has 168 valence electrons. The number of nitrogens with one attached hydrogen (secondary N) is 2. The van der Waals surface area contributed by atoms with Crippen LogP contribution < -0.4 is 5.32 Å². The third kappa shape index (κ3) is 4.65. The molecule has 2 N–H and O–H groups in total. The molecule has 0 amide bonds. The number of H-pyrrole nitrogens is 1. The van der Waals surface area contributed by atoms with Gasteiger partial charge in [-0.3, -0.25) is 9.78 Å². The number of aromatic nitrogens is 2. The molecule has 1 atom stereocenters. The highest BCUT2D eigenvalue weighted by molar-refractivity contribution is 6.11. The first-order valence-corrected chi connectivity index (χ1v) is 11.3. The van der Waals surface area contributed by atoms with E-state index in [2.05, 4.69) is 21.4 Å². The zero-order chi connectivity index (χ0) is 23.3. The molecule has 4 nitrogen and oxygen atoms in total. The third-order valence-electron chi connectivity index (χ3n) is 6.03. The van der Waals surface area contributed by atoms with E-state index >= 15 is 0 Å². The average Bonchev–Trinajstić information content (AvgIpc) is 3.32. The number of fused-ring (bicyclic) bond motifs is 1. The highest BCUT2D eigenvalue weighted by Crippen LogP contribution is 2.28. The van der Waals surface area contributed by atoms with E-state index < -0.39 is 6.04 Å². The third-order valence-corrected chi connectivity index (χ3v) is 6.03. The van der Waals surface area contributed by atoms with Crippen molar-refractivity contribution in [3.8, 4) is 11.1 Å². The van der Waals surface area contributed by atoms with Gasteiger partial charge in [-0.2, -0.15) is 0 Å². The Labute approximate surface area is 197 Å². The first kappa shape index (κ1) is 21.7. The van der Waals surface area contributed by atoms with Gasteiger partial charge in [0.25, 0.3) is 0 Å². The summed E-state index contributed by atoms with van der Waals surface area (Å²) in [6.07, 6.45) is 6.03. The number of pyridine rings is 1. The van der Waals surface area contributed by atoms with Gasteiger partial charge in [-0.15, -0.1) is 0 Å². The predicted molar refractivity (Wildman–Crippen MR) is 133 cm³/mol. The van der Waals surface area contributed by atoms with Gasteiger partial charge in [0.2, 0.25) is 0 Å². The molecule has 0 saturated heterocycles. The van der Waals surface area contributed by atoms with Crippen LogP contribution in [-0.2, 0) is 6.42 Å². The Morgan fingerprint density at radius 3 is 2.44 bits per heavy atom. The van der Waals surface area contributed by atoms with Gasteiger partial charge >= 0.3 is 0 Å². The van der Waals surface area contributed by atoms with Gasteiger partial charge in [0.15, 0.2) is 5.78 Å². The Balaban J connectivity index is 1.40. The van der Waals surface area contributed by atoms with Gasteiger partial charge in [-0.25, -0.2) is 4.39 Å². The SMILES string of the molecule is O=C(c1c[nH]c2cc(-c3ccncc3)ccc12)[C@@H](NCCc1ccc(F)cc1)c1ccccc1. The molecule has 0 aliphatic heterocycles. The van der Waals surface area contributed by atoms with Crippen molar-refractivity contribution in [3.63, 3.8) is 0 Å².